The number of halogens is 3. The van der Waals surface area contributed by atoms with Gasteiger partial charge in [0.1, 0.15) is 6.04 Å². The molecule has 3 N–H and O–H groups in total. The summed E-state index contributed by atoms with van der Waals surface area (Å²) in [5.41, 5.74) is 0. The molecule has 0 saturated carbocycles. The summed E-state index contributed by atoms with van der Waals surface area (Å²) in [7, 11) is 1.45. The van der Waals surface area contributed by atoms with E-state index in [1.54, 1.807) is 0 Å². The topological polar surface area (TPSA) is 87.7 Å². The summed E-state index contributed by atoms with van der Waals surface area (Å²) in [5, 5.41) is 12.8. The Labute approximate surface area is 108 Å². The summed E-state index contributed by atoms with van der Waals surface area (Å²) in [6.45, 7) is -1.55. The maximum atomic E-state index is 11.8. The van der Waals surface area contributed by atoms with Crippen LogP contribution in [0.15, 0.2) is 0 Å². The summed E-state index contributed by atoms with van der Waals surface area (Å²) in [6.07, 6.45) is -3.84. The van der Waals surface area contributed by atoms with Gasteiger partial charge in [0, 0.05) is 13.7 Å². The van der Waals surface area contributed by atoms with Crippen LogP contribution in [0.25, 0.3) is 0 Å². The smallest absolute Gasteiger partial charge is 0.401 e. The largest absolute Gasteiger partial charge is 0.480 e. The van der Waals surface area contributed by atoms with Crippen molar-refractivity contribution in [2.24, 2.45) is 0 Å². The Balaban J connectivity index is 4.00. The van der Waals surface area contributed by atoms with Gasteiger partial charge in [-0.3, -0.25) is 4.79 Å². The third-order valence-electron chi connectivity index (χ3n) is 2.09. The fraction of sp³-hybridized carbons (Fsp3) is 0.800. The van der Waals surface area contributed by atoms with Gasteiger partial charge in [0.25, 0.3) is 0 Å². The Morgan fingerprint density at radius 2 is 2.00 bits per heavy atom. The lowest BCUT2D eigenvalue weighted by Crippen LogP contribution is -2.45. The zero-order valence-electron chi connectivity index (χ0n) is 10.4. The lowest BCUT2D eigenvalue weighted by Gasteiger charge is -2.15. The van der Waals surface area contributed by atoms with E-state index in [2.05, 4.69) is 5.32 Å². The first-order valence-corrected chi connectivity index (χ1v) is 5.55. The Kier molecular flexibility index (Phi) is 8.08. The third kappa shape index (κ3) is 10.3. The van der Waals surface area contributed by atoms with Gasteiger partial charge in [-0.05, 0) is 12.8 Å². The molecule has 0 aromatic rings. The molecule has 0 radical (unpaired) electrons. The number of carbonyl (C=O) groups is 2. The van der Waals surface area contributed by atoms with Crippen molar-refractivity contribution in [2.75, 3.05) is 26.8 Å². The van der Waals surface area contributed by atoms with Gasteiger partial charge < -0.3 is 20.5 Å². The van der Waals surface area contributed by atoms with E-state index in [0.717, 1.165) is 0 Å². The molecular formula is C10H17F3N2O4. The number of alkyl halides is 3. The third-order valence-corrected chi connectivity index (χ3v) is 2.09. The number of nitrogens with one attached hydrogen (secondary N) is 2. The Morgan fingerprint density at radius 3 is 2.47 bits per heavy atom. The van der Waals surface area contributed by atoms with Crippen molar-refractivity contribution in [1.82, 2.24) is 10.6 Å². The monoisotopic (exact) mass is 286 g/mol. The maximum absolute atomic E-state index is 11.8. The second-order valence-corrected chi connectivity index (χ2v) is 3.81. The Hall–Kier alpha value is -1.35. The molecule has 1 unspecified atom stereocenters. The number of amides is 1. The minimum Gasteiger partial charge on any atom is -0.480 e. The summed E-state index contributed by atoms with van der Waals surface area (Å²) < 4.78 is 40.1. The van der Waals surface area contributed by atoms with Gasteiger partial charge in [-0.15, -0.1) is 0 Å². The van der Waals surface area contributed by atoms with Crippen molar-refractivity contribution in [3.05, 3.63) is 0 Å². The van der Waals surface area contributed by atoms with Crippen LogP contribution in [0.5, 0.6) is 0 Å². The molecule has 0 saturated heterocycles. The van der Waals surface area contributed by atoms with Crippen LogP contribution in [0.4, 0.5) is 13.2 Å². The highest BCUT2D eigenvalue weighted by atomic mass is 19.4. The number of ether oxygens (including phenoxy) is 1. The van der Waals surface area contributed by atoms with Crippen molar-refractivity contribution in [3.8, 4) is 0 Å². The lowest BCUT2D eigenvalue weighted by molar-refractivity contribution is -0.142. The van der Waals surface area contributed by atoms with Crippen molar-refractivity contribution in [2.45, 2.75) is 25.1 Å². The number of methoxy groups -OCH3 is 1. The highest BCUT2D eigenvalue weighted by Crippen LogP contribution is 2.11. The first-order chi connectivity index (χ1) is 8.76. The SMILES string of the molecule is COCCCC(NC(=O)CNCC(F)(F)F)C(=O)O. The van der Waals surface area contributed by atoms with Gasteiger partial charge in [-0.25, -0.2) is 4.79 Å². The zero-order valence-corrected chi connectivity index (χ0v) is 10.4. The Bertz CT molecular complexity index is 297. The normalized spacial score (nSPS) is 13.1. The maximum Gasteiger partial charge on any atom is 0.401 e. The highest BCUT2D eigenvalue weighted by molar-refractivity contribution is 5.84. The predicted octanol–water partition coefficient (Wildman–Crippen LogP) is 0.134. The molecule has 0 aliphatic carbocycles. The van der Waals surface area contributed by atoms with E-state index in [9.17, 15) is 22.8 Å². The van der Waals surface area contributed by atoms with Crippen LogP contribution in [0.2, 0.25) is 0 Å². The van der Waals surface area contributed by atoms with Crippen LogP contribution in [-0.2, 0) is 14.3 Å². The van der Waals surface area contributed by atoms with E-state index in [0.29, 0.717) is 13.0 Å². The summed E-state index contributed by atoms with van der Waals surface area (Å²) in [4.78, 5) is 22.0. The van der Waals surface area contributed by atoms with Gasteiger partial charge in [0.15, 0.2) is 0 Å². The molecule has 0 aliphatic rings. The van der Waals surface area contributed by atoms with Gasteiger partial charge in [0.2, 0.25) is 5.91 Å². The van der Waals surface area contributed by atoms with E-state index in [1.165, 1.54) is 7.11 Å². The van der Waals surface area contributed by atoms with Crippen LogP contribution in [-0.4, -0.2) is 56.0 Å². The van der Waals surface area contributed by atoms with E-state index >= 15 is 0 Å². The Morgan fingerprint density at radius 1 is 1.37 bits per heavy atom. The molecule has 19 heavy (non-hydrogen) atoms. The average molecular weight is 286 g/mol. The van der Waals surface area contributed by atoms with Crippen LogP contribution >= 0.6 is 0 Å². The number of carboxylic acid groups (broad SMARTS) is 1. The molecule has 6 nitrogen and oxygen atoms in total. The van der Waals surface area contributed by atoms with Crippen molar-refractivity contribution >= 4 is 11.9 Å². The van der Waals surface area contributed by atoms with Gasteiger partial charge in [0.05, 0.1) is 13.1 Å². The van der Waals surface area contributed by atoms with Crippen molar-refractivity contribution in [1.29, 1.82) is 0 Å². The number of carbonyl (C=O) groups excluding carboxylic acids is 1. The fourth-order valence-corrected chi connectivity index (χ4v) is 1.25. The van der Waals surface area contributed by atoms with E-state index in [1.807, 2.05) is 5.32 Å². The summed E-state index contributed by atoms with van der Waals surface area (Å²) in [6, 6.07) is -1.13. The predicted molar refractivity (Wildman–Crippen MR) is 59.6 cm³/mol. The molecule has 9 heteroatoms. The minimum absolute atomic E-state index is 0.147. The van der Waals surface area contributed by atoms with E-state index < -0.39 is 37.2 Å². The van der Waals surface area contributed by atoms with E-state index in [4.69, 9.17) is 9.84 Å². The van der Waals surface area contributed by atoms with E-state index in [-0.39, 0.29) is 6.42 Å². The van der Waals surface area contributed by atoms with Gasteiger partial charge in [-0.2, -0.15) is 13.2 Å². The molecule has 0 fully saturated rings. The molecule has 0 spiro atoms. The number of hydrogen-bond donors (Lipinski definition) is 3. The summed E-state index contributed by atoms with van der Waals surface area (Å²) in [5.74, 6) is -2.03. The molecule has 0 heterocycles. The number of carboxylic acids is 1. The number of rotatable bonds is 9. The molecule has 0 aromatic heterocycles. The molecule has 0 bridgehead atoms. The van der Waals surface area contributed by atoms with Crippen LogP contribution in [0, 0.1) is 0 Å². The first-order valence-electron chi connectivity index (χ1n) is 5.55. The highest BCUT2D eigenvalue weighted by Gasteiger charge is 2.27. The minimum atomic E-state index is -4.41. The molecule has 0 rings (SSSR count). The second-order valence-electron chi connectivity index (χ2n) is 3.81. The summed E-state index contributed by atoms with van der Waals surface area (Å²) >= 11 is 0. The molecule has 1 atom stereocenters. The standard InChI is InChI=1S/C10H17F3N2O4/c1-19-4-2-3-7(9(17)18)15-8(16)5-14-6-10(11,12)13/h7,14H,2-6H2,1H3,(H,15,16)(H,17,18). The second kappa shape index (κ2) is 8.70. The van der Waals surface area contributed by atoms with Gasteiger partial charge in [-0.1, -0.05) is 0 Å². The van der Waals surface area contributed by atoms with Gasteiger partial charge >= 0.3 is 12.1 Å². The van der Waals surface area contributed by atoms with Crippen molar-refractivity contribution < 1.29 is 32.6 Å². The van der Waals surface area contributed by atoms with Crippen molar-refractivity contribution in [3.63, 3.8) is 0 Å². The lowest BCUT2D eigenvalue weighted by atomic mass is 10.1. The van der Waals surface area contributed by atoms with Crippen LogP contribution in [0.3, 0.4) is 0 Å². The van der Waals surface area contributed by atoms with Crippen LogP contribution in [0.1, 0.15) is 12.8 Å². The quantitative estimate of drug-likeness (QED) is 0.525. The molecule has 112 valence electrons. The average Bonchev–Trinajstić information content (AvgIpc) is 2.26. The molecule has 1 amide bonds. The number of aliphatic carboxylic acids is 1. The number of hydrogen-bond acceptors (Lipinski definition) is 4. The molecular weight excluding hydrogens is 269 g/mol. The molecule has 0 aromatic carbocycles. The zero-order chi connectivity index (χ0) is 14.9. The van der Waals surface area contributed by atoms with Crippen LogP contribution < -0.4 is 10.6 Å². The fourth-order valence-electron chi connectivity index (χ4n) is 1.25. The first kappa shape index (κ1) is 17.6. The molecule has 0 aliphatic heterocycles.